The molecular formula is C7H9ClO3. The van der Waals surface area contributed by atoms with E-state index in [-0.39, 0.29) is 5.03 Å². The van der Waals surface area contributed by atoms with Crippen molar-refractivity contribution < 1.29 is 14.6 Å². The van der Waals surface area contributed by atoms with Gasteiger partial charge in [-0.3, -0.25) is 0 Å². The number of hydrogen-bond acceptors (Lipinski definition) is 2. The standard InChI is InChI=1S/C7H9ClO3/c8-6(7(9)10)5-1-3-11-4-2-5/h1-4H2,(H,9,10). The molecule has 1 heterocycles. The second kappa shape index (κ2) is 3.74. The molecule has 0 atom stereocenters. The minimum atomic E-state index is -1.04. The normalized spacial score (nSPS) is 18.1. The van der Waals surface area contributed by atoms with Crippen LogP contribution in [0.25, 0.3) is 0 Å². The Bertz CT molecular complexity index is 190. The minimum Gasteiger partial charge on any atom is -0.477 e. The van der Waals surface area contributed by atoms with Crippen LogP contribution in [-0.2, 0) is 9.53 Å². The van der Waals surface area contributed by atoms with Crippen LogP contribution >= 0.6 is 11.6 Å². The van der Waals surface area contributed by atoms with Crippen molar-refractivity contribution >= 4 is 17.6 Å². The molecule has 0 amide bonds. The van der Waals surface area contributed by atoms with Crippen LogP contribution in [0.1, 0.15) is 12.8 Å². The summed E-state index contributed by atoms with van der Waals surface area (Å²) in [5, 5.41) is 8.47. The first kappa shape index (κ1) is 8.56. The van der Waals surface area contributed by atoms with E-state index in [1.807, 2.05) is 0 Å². The van der Waals surface area contributed by atoms with Gasteiger partial charge in [-0.1, -0.05) is 11.6 Å². The lowest BCUT2D eigenvalue weighted by atomic mass is 10.1. The second-order valence-corrected chi connectivity index (χ2v) is 2.71. The molecule has 0 aromatic rings. The van der Waals surface area contributed by atoms with Gasteiger partial charge >= 0.3 is 5.97 Å². The quantitative estimate of drug-likeness (QED) is 0.614. The smallest absolute Gasteiger partial charge is 0.347 e. The van der Waals surface area contributed by atoms with E-state index in [0.717, 1.165) is 5.57 Å². The molecule has 11 heavy (non-hydrogen) atoms. The van der Waals surface area contributed by atoms with Gasteiger partial charge in [0.25, 0.3) is 0 Å². The van der Waals surface area contributed by atoms with Crippen LogP contribution in [0, 0.1) is 0 Å². The summed E-state index contributed by atoms with van der Waals surface area (Å²) in [7, 11) is 0. The number of ether oxygens (including phenoxy) is 1. The zero-order valence-electron chi connectivity index (χ0n) is 5.97. The van der Waals surface area contributed by atoms with E-state index < -0.39 is 5.97 Å². The maximum atomic E-state index is 10.4. The highest BCUT2D eigenvalue weighted by Gasteiger charge is 2.14. The monoisotopic (exact) mass is 176 g/mol. The lowest BCUT2D eigenvalue weighted by Gasteiger charge is -2.14. The fourth-order valence-corrected chi connectivity index (χ4v) is 1.18. The highest BCUT2D eigenvalue weighted by atomic mass is 35.5. The van der Waals surface area contributed by atoms with Crippen LogP contribution in [0.2, 0.25) is 0 Å². The summed E-state index contributed by atoms with van der Waals surface area (Å²) in [6.07, 6.45) is 1.29. The molecule has 0 aromatic heterocycles. The van der Waals surface area contributed by atoms with Crippen LogP contribution in [0.4, 0.5) is 0 Å². The Morgan fingerprint density at radius 2 is 2.00 bits per heavy atom. The summed E-state index contributed by atoms with van der Waals surface area (Å²) in [5.41, 5.74) is 0.797. The zero-order valence-corrected chi connectivity index (χ0v) is 6.73. The molecule has 1 rings (SSSR count). The lowest BCUT2D eigenvalue weighted by Crippen LogP contribution is -2.10. The third-order valence-corrected chi connectivity index (χ3v) is 2.02. The zero-order chi connectivity index (χ0) is 8.27. The van der Waals surface area contributed by atoms with Crippen LogP contribution in [0.5, 0.6) is 0 Å². The molecule has 1 N–H and O–H groups in total. The molecule has 3 nitrogen and oxygen atoms in total. The first-order valence-corrected chi connectivity index (χ1v) is 3.78. The van der Waals surface area contributed by atoms with Crippen molar-refractivity contribution in [1.29, 1.82) is 0 Å². The van der Waals surface area contributed by atoms with Crippen LogP contribution in [0.3, 0.4) is 0 Å². The third-order valence-electron chi connectivity index (χ3n) is 1.59. The molecule has 1 fully saturated rings. The molecule has 1 saturated heterocycles. The summed E-state index contributed by atoms with van der Waals surface area (Å²) in [6, 6.07) is 0. The first-order valence-electron chi connectivity index (χ1n) is 3.40. The lowest BCUT2D eigenvalue weighted by molar-refractivity contribution is -0.132. The molecule has 1 aliphatic heterocycles. The number of aliphatic carboxylic acids is 1. The van der Waals surface area contributed by atoms with Crippen molar-refractivity contribution in [3.05, 3.63) is 10.6 Å². The van der Waals surface area contributed by atoms with E-state index in [2.05, 4.69) is 0 Å². The van der Waals surface area contributed by atoms with Gasteiger partial charge in [0.05, 0.1) is 13.2 Å². The van der Waals surface area contributed by atoms with Gasteiger partial charge in [-0.25, -0.2) is 4.79 Å². The van der Waals surface area contributed by atoms with Crippen molar-refractivity contribution in [2.24, 2.45) is 0 Å². The van der Waals surface area contributed by atoms with Gasteiger partial charge in [-0.05, 0) is 18.4 Å². The average molecular weight is 177 g/mol. The number of halogens is 1. The van der Waals surface area contributed by atoms with Gasteiger partial charge in [0.2, 0.25) is 0 Å². The van der Waals surface area contributed by atoms with E-state index in [4.69, 9.17) is 21.4 Å². The number of hydrogen-bond donors (Lipinski definition) is 1. The van der Waals surface area contributed by atoms with E-state index in [0.29, 0.717) is 26.1 Å². The molecular weight excluding hydrogens is 168 g/mol. The topological polar surface area (TPSA) is 46.5 Å². The van der Waals surface area contributed by atoms with Crippen LogP contribution < -0.4 is 0 Å². The first-order chi connectivity index (χ1) is 5.22. The summed E-state index contributed by atoms with van der Waals surface area (Å²) >= 11 is 5.52. The number of carboxylic acid groups (broad SMARTS) is 1. The van der Waals surface area contributed by atoms with E-state index in [1.54, 1.807) is 0 Å². The second-order valence-electron chi connectivity index (χ2n) is 2.34. The SMILES string of the molecule is O=C(O)C(Cl)=C1CCOCC1. The van der Waals surface area contributed by atoms with Gasteiger partial charge < -0.3 is 9.84 Å². The summed E-state index contributed by atoms with van der Waals surface area (Å²) in [5.74, 6) is -1.04. The Morgan fingerprint density at radius 1 is 1.45 bits per heavy atom. The predicted octanol–water partition coefficient (Wildman–Crippen LogP) is 1.37. The van der Waals surface area contributed by atoms with Gasteiger partial charge in [-0.2, -0.15) is 0 Å². The predicted molar refractivity (Wildman–Crippen MR) is 40.6 cm³/mol. The van der Waals surface area contributed by atoms with Crippen LogP contribution in [0.15, 0.2) is 10.6 Å². The Balaban J connectivity index is 2.68. The Hall–Kier alpha value is -0.540. The molecule has 0 aromatic carbocycles. The minimum absolute atomic E-state index is 0.0340. The molecule has 0 spiro atoms. The fraction of sp³-hybridized carbons (Fsp3) is 0.571. The number of carbonyl (C=O) groups is 1. The van der Waals surface area contributed by atoms with Crippen molar-refractivity contribution in [3.63, 3.8) is 0 Å². The summed E-state index contributed by atoms with van der Waals surface area (Å²) < 4.78 is 5.04. The maximum Gasteiger partial charge on any atom is 0.347 e. The van der Waals surface area contributed by atoms with E-state index in [1.165, 1.54) is 0 Å². The molecule has 1 aliphatic rings. The Morgan fingerprint density at radius 3 is 2.45 bits per heavy atom. The van der Waals surface area contributed by atoms with Gasteiger partial charge in [0, 0.05) is 0 Å². The molecule has 0 aliphatic carbocycles. The summed E-state index contributed by atoms with van der Waals surface area (Å²) in [6.45, 7) is 1.16. The molecule has 4 heteroatoms. The number of rotatable bonds is 1. The Kier molecular flexibility index (Phi) is 2.91. The molecule has 0 bridgehead atoms. The van der Waals surface area contributed by atoms with Crippen molar-refractivity contribution in [2.45, 2.75) is 12.8 Å². The fourth-order valence-electron chi connectivity index (χ4n) is 0.989. The van der Waals surface area contributed by atoms with Crippen molar-refractivity contribution in [2.75, 3.05) is 13.2 Å². The highest BCUT2D eigenvalue weighted by Crippen LogP contribution is 2.20. The summed E-state index contributed by atoms with van der Waals surface area (Å²) in [4.78, 5) is 10.4. The van der Waals surface area contributed by atoms with Gasteiger partial charge in [0.1, 0.15) is 5.03 Å². The van der Waals surface area contributed by atoms with Gasteiger partial charge in [0.15, 0.2) is 0 Å². The van der Waals surface area contributed by atoms with E-state index >= 15 is 0 Å². The van der Waals surface area contributed by atoms with Crippen molar-refractivity contribution in [1.82, 2.24) is 0 Å². The maximum absolute atomic E-state index is 10.4. The molecule has 0 unspecified atom stereocenters. The Labute approximate surface area is 69.6 Å². The van der Waals surface area contributed by atoms with Gasteiger partial charge in [-0.15, -0.1) is 0 Å². The van der Waals surface area contributed by atoms with Crippen molar-refractivity contribution in [3.8, 4) is 0 Å². The molecule has 62 valence electrons. The largest absolute Gasteiger partial charge is 0.477 e. The molecule has 0 radical (unpaired) electrons. The molecule has 0 saturated carbocycles. The highest BCUT2D eigenvalue weighted by molar-refractivity contribution is 6.41. The van der Waals surface area contributed by atoms with Crippen LogP contribution in [-0.4, -0.2) is 24.3 Å². The van der Waals surface area contributed by atoms with E-state index in [9.17, 15) is 4.79 Å². The average Bonchev–Trinajstić information content (AvgIpc) is 2.05. The third kappa shape index (κ3) is 2.20. The number of carboxylic acids is 1.